The Labute approximate surface area is 96.1 Å². The Morgan fingerprint density at radius 2 is 2.25 bits per heavy atom. The molecule has 1 aromatic heterocycles. The molecular formula is C10H14FN3OS. The van der Waals surface area contributed by atoms with Crippen LogP contribution in [0, 0.1) is 11.7 Å². The largest absolute Gasteiger partial charge is 0.316 e. The van der Waals surface area contributed by atoms with Gasteiger partial charge in [0.25, 0.3) is 0 Å². The number of rotatable bonds is 3. The molecule has 0 spiro atoms. The Morgan fingerprint density at radius 1 is 1.50 bits per heavy atom. The Bertz CT molecular complexity index is 365. The fourth-order valence-electron chi connectivity index (χ4n) is 1.77. The lowest BCUT2D eigenvalue weighted by atomic mass is 10.0. The monoisotopic (exact) mass is 243 g/mol. The van der Waals surface area contributed by atoms with Gasteiger partial charge in [-0.1, -0.05) is 0 Å². The summed E-state index contributed by atoms with van der Waals surface area (Å²) in [7, 11) is -1.22. The van der Waals surface area contributed by atoms with Crippen LogP contribution >= 0.6 is 0 Å². The second kappa shape index (κ2) is 5.45. The minimum Gasteiger partial charge on any atom is -0.316 e. The topological polar surface area (TPSA) is 54.9 Å². The molecule has 2 heterocycles. The van der Waals surface area contributed by atoms with Gasteiger partial charge in [-0.25, -0.2) is 14.4 Å². The fourth-order valence-corrected chi connectivity index (χ4v) is 2.98. The van der Waals surface area contributed by atoms with Crippen molar-refractivity contribution in [2.24, 2.45) is 5.92 Å². The van der Waals surface area contributed by atoms with Crippen molar-refractivity contribution in [2.75, 3.05) is 18.8 Å². The van der Waals surface area contributed by atoms with Gasteiger partial charge in [-0.3, -0.25) is 4.21 Å². The fraction of sp³-hybridized carbons (Fsp3) is 0.600. The average molecular weight is 243 g/mol. The molecule has 0 saturated carbocycles. The Hall–Kier alpha value is -0.880. The highest BCUT2D eigenvalue weighted by molar-refractivity contribution is 7.84. The average Bonchev–Trinajstić information content (AvgIpc) is 2.31. The third-order valence-electron chi connectivity index (χ3n) is 2.59. The molecule has 0 bridgehead atoms. The SMILES string of the molecule is O=S(CC1CCCNC1)c1ncc(F)cn1. The number of nitrogens with one attached hydrogen (secondary N) is 1. The molecule has 1 N–H and O–H groups in total. The summed E-state index contributed by atoms with van der Waals surface area (Å²) in [5, 5.41) is 3.49. The van der Waals surface area contributed by atoms with E-state index in [0.717, 1.165) is 38.3 Å². The molecule has 1 aromatic rings. The van der Waals surface area contributed by atoms with Crippen molar-refractivity contribution in [3.8, 4) is 0 Å². The lowest BCUT2D eigenvalue weighted by Crippen LogP contribution is -2.32. The van der Waals surface area contributed by atoms with E-state index in [9.17, 15) is 8.60 Å². The van der Waals surface area contributed by atoms with Gasteiger partial charge in [-0.2, -0.15) is 0 Å². The summed E-state index contributed by atoms with van der Waals surface area (Å²) < 4.78 is 24.4. The highest BCUT2D eigenvalue weighted by Gasteiger charge is 2.18. The Kier molecular flexibility index (Phi) is 3.95. The van der Waals surface area contributed by atoms with Gasteiger partial charge in [0.1, 0.15) is 0 Å². The van der Waals surface area contributed by atoms with Crippen molar-refractivity contribution >= 4 is 10.8 Å². The first kappa shape index (κ1) is 11.6. The molecule has 0 aliphatic carbocycles. The van der Waals surface area contributed by atoms with Gasteiger partial charge in [-0.15, -0.1) is 0 Å². The van der Waals surface area contributed by atoms with Gasteiger partial charge in [-0.05, 0) is 31.8 Å². The van der Waals surface area contributed by atoms with E-state index >= 15 is 0 Å². The number of piperidine rings is 1. The van der Waals surface area contributed by atoms with Gasteiger partial charge >= 0.3 is 0 Å². The maximum absolute atomic E-state index is 12.6. The van der Waals surface area contributed by atoms with Crippen LogP contribution in [0.3, 0.4) is 0 Å². The van der Waals surface area contributed by atoms with Gasteiger partial charge in [0.05, 0.1) is 23.2 Å². The molecule has 1 fully saturated rings. The predicted octanol–water partition coefficient (Wildman–Crippen LogP) is 0.723. The van der Waals surface area contributed by atoms with Crippen molar-refractivity contribution in [3.05, 3.63) is 18.2 Å². The Balaban J connectivity index is 1.94. The molecule has 0 amide bonds. The third-order valence-corrected chi connectivity index (χ3v) is 3.98. The summed E-state index contributed by atoms with van der Waals surface area (Å²) in [6.45, 7) is 1.93. The molecule has 1 aliphatic rings. The quantitative estimate of drug-likeness (QED) is 0.795. The van der Waals surface area contributed by atoms with E-state index in [0.29, 0.717) is 11.7 Å². The third kappa shape index (κ3) is 3.05. The summed E-state index contributed by atoms with van der Waals surface area (Å²) in [4.78, 5) is 7.47. The minimum absolute atomic E-state index is 0.229. The zero-order valence-electron chi connectivity index (χ0n) is 8.86. The summed E-state index contributed by atoms with van der Waals surface area (Å²) in [6, 6.07) is 0. The smallest absolute Gasteiger partial charge is 0.218 e. The second-order valence-electron chi connectivity index (χ2n) is 3.91. The molecule has 1 saturated heterocycles. The maximum atomic E-state index is 12.6. The van der Waals surface area contributed by atoms with Crippen LogP contribution in [-0.4, -0.2) is 33.0 Å². The summed E-state index contributed by atoms with van der Waals surface area (Å²) in [5.41, 5.74) is 0. The summed E-state index contributed by atoms with van der Waals surface area (Å²) in [6.07, 6.45) is 4.31. The van der Waals surface area contributed by atoms with Gasteiger partial charge in [0.2, 0.25) is 5.16 Å². The van der Waals surface area contributed by atoms with E-state index in [2.05, 4.69) is 15.3 Å². The van der Waals surface area contributed by atoms with E-state index in [4.69, 9.17) is 0 Å². The van der Waals surface area contributed by atoms with Crippen molar-refractivity contribution in [1.29, 1.82) is 0 Å². The zero-order valence-corrected chi connectivity index (χ0v) is 9.67. The molecule has 1 aliphatic heterocycles. The molecule has 2 unspecified atom stereocenters. The number of aromatic nitrogens is 2. The van der Waals surface area contributed by atoms with Gasteiger partial charge < -0.3 is 5.32 Å². The molecule has 0 radical (unpaired) electrons. The van der Waals surface area contributed by atoms with Crippen LogP contribution in [0.4, 0.5) is 4.39 Å². The first-order valence-electron chi connectivity index (χ1n) is 5.32. The van der Waals surface area contributed by atoms with Crippen LogP contribution in [0.5, 0.6) is 0 Å². The number of hydrogen-bond acceptors (Lipinski definition) is 4. The van der Waals surface area contributed by atoms with Crippen molar-refractivity contribution in [3.63, 3.8) is 0 Å². The molecule has 88 valence electrons. The maximum Gasteiger partial charge on any atom is 0.218 e. The molecule has 2 rings (SSSR count). The van der Waals surface area contributed by atoms with Crippen molar-refractivity contribution < 1.29 is 8.60 Å². The van der Waals surface area contributed by atoms with E-state index in [1.165, 1.54) is 0 Å². The summed E-state index contributed by atoms with van der Waals surface area (Å²) in [5.74, 6) is 0.460. The number of halogens is 1. The molecule has 6 heteroatoms. The van der Waals surface area contributed by atoms with Crippen LogP contribution in [0.2, 0.25) is 0 Å². The van der Waals surface area contributed by atoms with Crippen LogP contribution in [0.1, 0.15) is 12.8 Å². The highest BCUT2D eigenvalue weighted by Crippen LogP contribution is 2.13. The van der Waals surface area contributed by atoms with E-state index in [1.54, 1.807) is 0 Å². The van der Waals surface area contributed by atoms with Crippen LogP contribution in [0.15, 0.2) is 17.6 Å². The van der Waals surface area contributed by atoms with E-state index < -0.39 is 16.6 Å². The molecule has 0 aromatic carbocycles. The second-order valence-corrected chi connectivity index (χ2v) is 5.30. The van der Waals surface area contributed by atoms with Gasteiger partial charge in [0.15, 0.2) is 5.82 Å². The minimum atomic E-state index is -1.22. The molecule has 16 heavy (non-hydrogen) atoms. The van der Waals surface area contributed by atoms with Crippen molar-refractivity contribution in [2.45, 2.75) is 18.0 Å². The molecular weight excluding hydrogens is 229 g/mol. The Morgan fingerprint density at radius 3 is 2.88 bits per heavy atom. The van der Waals surface area contributed by atoms with E-state index in [-0.39, 0.29) is 5.16 Å². The lowest BCUT2D eigenvalue weighted by molar-refractivity contribution is 0.407. The predicted molar refractivity (Wildman–Crippen MR) is 58.9 cm³/mol. The normalized spacial score (nSPS) is 22.9. The lowest BCUT2D eigenvalue weighted by Gasteiger charge is -2.21. The zero-order chi connectivity index (χ0) is 11.4. The first-order valence-corrected chi connectivity index (χ1v) is 6.64. The molecule has 4 nitrogen and oxygen atoms in total. The van der Waals surface area contributed by atoms with E-state index in [1.807, 2.05) is 0 Å². The first-order chi connectivity index (χ1) is 7.75. The van der Waals surface area contributed by atoms with Crippen LogP contribution < -0.4 is 5.32 Å². The van der Waals surface area contributed by atoms with Crippen molar-refractivity contribution in [1.82, 2.24) is 15.3 Å². The highest BCUT2D eigenvalue weighted by atomic mass is 32.2. The standard InChI is InChI=1S/C10H14FN3OS/c11-9-5-13-10(14-6-9)16(15)7-8-2-1-3-12-4-8/h5-6,8,12H,1-4,7H2. The van der Waals surface area contributed by atoms with Gasteiger partial charge in [0, 0.05) is 5.75 Å². The van der Waals surface area contributed by atoms with Crippen LogP contribution in [0.25, 0.3) is 0 Å². The number of nitrogens with zero attached hydrogens (tertiary/aromatic N) is 2. The number of hydrogen-bond donors (Lipinski definition) is 1. The summed E-state index contributed by atoms with van der Waals surface area (Å²) >= 11 is 0. The van der Waals surface area contributed by atoms with Crippen LogP contribution in [-0.2, 0) is 10.8 Å². The molecule has 2 atom stereocenters.